The zero-order valence-corrected chi connectivity index (χ0v) is 22.9. The number of ketones is 1. The van der Waals surface area contributed by atoms with Crippen LogP contribution in [-0.2, 0) is 9.53 Å². The first kappa shape index (κ1) is 31.2. The summed E-state index contributed by atoms with van der Waals surface area (Å²) in [4.78, 5) is 24.5. The number of amides is 1. The van der Waals surface area contributed by atoms with Crippen molar-refractivity contribution < 1.29 is 28.0 Å². The topological polar surface area (TPSA) is 73.8 Å². The number of likely N-dealkylation sites (tertiary alicyclic amines) is 1. The third-order valence-corrected chi connectivity index (χ3v) is 6.65. The quantitative estimate of drug-likeness (QED) is 0.447. The summed E-state index contributed by atoms with van der Waals surface area (Å²) in [5.41, 5.74) is 6.70. The monoisotopic (exact) mass is 547 g/mol. The van der Waals surface area contributed by atoms with E-state index >= 15 is 0 Å². The summed E-state index contributed by atoms with van der Waals surface area (Å²) in [5.74, 6) is 0.285. The highest BCUT2D eigenvalue weighted by atomic mass is 35.5. The van der Waals surface area contributed by atoms with Crippen molar-refractivity contribution in [3.8, 4) is 0 Å². The molecule has 1 heterocycles. The van der Waals surface area contributed by atoms with Gasteiger partial charge < -0.3 is 15.4 Å². The van der Waals surface area contributed by atoms with Gasteiger partial charge in [0, 0.05) is 12.0 Å². The third kappa shape index (κ3) is 10.4. The van der Waals surface area contributed by atoms with Crippen LogP contribution in [0.3, 0.4) is 0 Å². The molecule has 0 radical (unpaired) electrons. The van der Waals surface area contributed by atoms with Crippen LogP contribution in [0.2, 0.25) is 0 Å². The lowest BCUT2D eigenvalue weighted by Crippen LogP contribution is -3.14. The van der Waals surface area contributed by atoms with Crippen LogP contribution in [0.5, 0.6) is 0 Å². The smallest absolute Gasteiger partial charge is 0.405 e. The van der Waals surface area contributed by atoms with E-state index in [9.17, 15) is 18.4 Å². The Morgan fingerprint density at radius 1 is 1.03 bits per heavy atom. The number of allylic oxidation sites excluding steroid dienone is 3. The Bertz CT molecular complexity index is 1050. The largest absolute Gasteiger partial charge is 0.437 e. The number of alkyl halides is 1. The summed E-state index contributed by atoms with van der Waals surface area (Å²) in [6.07, 6.45) is 11.8. The molecule has 3 N–H and O–H groups in total. The number of rotatable bonds is 7. The summed E-state index contributed by atoms with van der Waals surface area (Å²) in [5, 5.41) is 0. The number of carbonyl (C=O) groups is 2. The fraction of sp³-hybridized carbons (Fsp3) is 0.400. The van der Waals surface area contributed by atoms with Gasteiger partial charge in [-0.3, -0.25) is 4.79 Å². The molecule has 0 atom stereocenters. The van der Waals surface area contributed by atoms with Gasteiger partial charge in [0.05, 0.1) is 13.1 Å². The van der Waals surface area contributed by atoms with Crippen LogP contribution in [0.1, 0.15) is 56.3 Å². The average Bonchev–Trinajstić information content (AvgIpc) is 2.94. The van der Waals surface area contributed by atoms with Gasteiger partial charge in [-0.1, -0.05) is 55.8 Å². The van der Waals surface area contributed by atoms with Gasteiger partial charge in [-0.15, -0.1) is 11.6 Å². The van der Waals surface area contributed by atoms with Crippen molar-refractivity contribution in [1.29, 1.82) is 0 Å². The Kier molecular flexibility index (Phi) is 13.7. The van der Waals surface area contributed by atoms with Gasteiger partial charge in [0.2, 0.25) is 5.78 Å². The Labute approximate surface area is 229 Å². The molecule has 1 aliphatic carbocycles. The van der Waals surface area contributed by atoms with Crippen molar-refractivity contribution in [3.05, 3.63) is 95.1 Å². The fourth-order valence-corrected chi connectivity index (χ4v) is 4.60. The maximum absolute atomic E-state index is 13.2. The maximum Gasteiger partial charge on any atom is 0.405 e. The summed E-state index contributed by atoms with van der Waals surface area (Å²) >= 11 is 4.64. The van der Waals surface area contributed by atoms with E-state index < -0.39 is 23.8 Å². The Hall–Kier alpha value is -3.03. The highest BCUT2D eigenvalue weighted by molar-refractivity contribution is 6.15. The fourth-order valence-electron chi connectivity index (χ4n) is 4.60. The lowest BCUT2D eigenvalue weighted by Gasteiger charge is -2.28. The number of nitrogens with one attached hydrogen (secondary N) is 1. The van der Waals surface area contributed by atoms with E-state index in [0.29, 0.717) is 23.5 Å². The van der Waals surface area contributed by atoms with Crippen molar-refractivity contribution in [2.45, 2.75) is 45.1 Å². The van der Waals surface area contributed by atoms with Crippen LogP contribution < -0.4 is 10.6 Å². The number of quaternary nitrogens is 1. The number of benzene rings is 2. The van der Waals surface area contributed by atoms with Gasteiger partial charge in [0.1, 0.15) is 18.2 Å². The SMILES string of the molecule is CCC1CC[NH+](CC(=O)C2=CCCC=C2)CC1.CCl.NC(=O)OC(c1cccc(F)c1)c1cccc(F)c1. The number of Topliss-reactive ketones (excluding diaryl/α,β-unsaturated/α-hetero) is 1. The highest BCUT2D eigenvalue weighted by Crippen LogP contribution is 2.27. The average molecular weight is 548 g/mol. The number of carbonyl (C=O) groups excluding carboxylic acids is 2. The number of piperidine rings is 1. The summed E-state index contributed by atoms with van der Waals surface area (Å²) < 4.78 is 31.4. The molecule has 1 aliphatic heterocycles. The van der Waals surface area contributed by atoms with Gasteiger partial charge in [0.15, 0.2) is 6.10 Å². The van der Waals surface area contributed by atoms with E-state index in [2.05, 4.69) is 30.7 Å². The molecule has 38 heavy (non-hydrogen) atoms. The predicted octanol–water partition coefficient (Wildman–Crippen LogP) is 5.54. The minimum Gasteiger partial charge on any atom is -0.437 e. The molecule has 4 rings (SSSR count). The third-order valence-electron chi connectivity index (χ3n) is 6.65. The van der Waals surface area contributed by atoms with Crippen LogP contribution in [0.4, 0.5) is 13.6 Å². The number of nitrogens with two attached hydrogens (primary N) is 1. The van der Waals surface area contributed by atoms with Crippen LogP contribution in [0, 0.1) is 17.6 Å². The second kappa shape index (κ2) is 16.7. The molecule has 2 aromatic rings. The van der Waals surface area contributed by atoms with Gasteiger partial charge in [0.25, 0.3) is 0 Å². The first-order chi connectivity index (χ1) is 18.4. The van der Waals surface area contributed by atoms with Crippen LogP contribution in [0.15, 0.2) is 72.3 Å². The van der Waals surface area contributed by atoms with Crippen molar-refractivity contribution in [2.24, 2.45) is 11.7 Å². The summed E-state index contributed by atoms with van der Waals surface area (Å²) in [6.45, 7) is 5.34. The van der Waals surface area contributed by atoms with Crippen molar-refractivity contribution in [3.63, 3.8) is 0 Å². The second-order valence-electron chi connectivity index (χ2n) is 9.27. The van der Waals surface area contributed by atoms with E-state index in [0.717, 1.165) is 24.3 Å². The lowest BCUT2D eigenvalue weighted by molar-refractivity contribution is -0.898. The number of ether oxygens (including phenoxy) is 1. The van der Waals surface area contributed by atoms with Crippen molar-refractivity contribution in [1.82, 2.24) is 0 Å². The van der Waals surface area contributed by atoms with Gasteiger partial charge in [-0.05, 0) is 67.0 Å². The molecule has 0 saturated carbocycles. The van der Waals surface area contributed by atoms with E-state index in [1.165, 1.54) is 80.0 Å². The van der Waals surface area contributed by atoms with Gasteiger partial charge in [-0.2, -0.15) is 0 Å². The van der Waals surface area contributed by atoms with E-state index in [-0.39, 0.29) is 0 Å². The summed E-state index contributed by atoms with van der Waals surface area (Å²) in [6, 6.07) is 11.0. The highest BCUT2D eigenvalue weighted by Gasteiger charge is 2.23. The maximum atomic E-state index is 13.2. The molecule has 206 valence electrons. The van der Waals surface area contributed by atoms with Crippen LogP contribution in [-0.4, -0.2) is 37.9 Å². The normalized spacial score (nSPS) is 18.3. The zero-order chi connectivity index (χ0) is 27.9. The van der Waals surface area contributed by atoms with E-state index in [1.54, 1.807) is 12.1 Å². The molecule has 5 nitrogen and oxygen atoms in total. The van der Waals surface area contributed by atoms with Gasteiger partial charge >= 0.3 is 6.09 Å². The van der Waals surface area contributed by atoms with Crippen LogP contribution in [0.25, 0.3) is 0 Å². The lowest BCUT2D eigenvalue weighted by atomic mass is 9.94. The first-order valence-corrected chi connectivity index (χ1v) is 13.7. The van der Waals surface area contributed by atoms with Crippen molar-refractivity contribution in [2.75, 3.05) is 26.0 Å². The molecule has 0 bridgehead atoms. The molecular formula is C30H38ClF2N2O3+. The molecule has 0 unspecified atom stereocenters. The molecular weight excluding hydrogens is 510 g/mol. The second-order valence-corrected chi connectivity index (χ2v) is 9.27. The Balaban J connectivity index is 0.000000252. The number of hydrogen-bond donors (Lipinski definition) is 2. The minimum absolute atomic E-state index is 0.339. The molecule has 1 fully saturated rings. The molecule has 8 heteroatoms. The Morgan fingerprint density at radius 2 is 1.61 bits per heavy atom. The number of hydrogen-bond acceptors (Lipinski definition) is 3. The molecule has 1 amide bonds. The first-order valence-electron chi connectivity index (χ1n) is 12.9. The van der Waals surface area contributed by atoms with Crippen LogP contribution >= 0.6 is 11.6 Å². The standard InChI is InChI=1S/C15H23NO.C14H11F2NO2.CH3Cl/c1-2-13-8-10-16(11-9-13)12-15(17)14-6-4-3-5-7-14;15-11-5-1-3-9(7-11)13(19-14(17)18)10-4-2-6-12(16)8-10;1-2/h4,6-7,13H,2-3,5,8-12H2,1H3;1-8,13H,(H2,17,18);1H3/p+1. The molecule has 2 aliphatic rings. The van der Waals surface area contributed by atoms with Gasteiger partial charge in [-0.25, -0.2) is 13.6 Å². The number of primary amides is 1. The molecule has 0 aromatic heterocycles. The van der Waals surface area contributed by atoms with Crippen molar-refractivity contribution >= 4 is 23.5 Å². The van der Waals surface area contributed by atoms with E-state index in [1.807, 2.05) is 6.08 Å². The van der Waals surface area contributed by atoms with E-state index in [4.69, 9.17) is 10.5 Å². The predicted molar refractivity (Wildman–Crippen MR) is 147 cm³/mol. The summed E-state index contributed by atoms with van der Waals surface area (Å²) in [7, 11) is 0. The zero-order valence-electron chi connectivity index (χ0n) is 22.1. The Morgan fingerprint density at radius 3 is 2.05 bits per heavy atom. The molecule has 2 aromatic carbocycles. The molecule has 0 spiro atoms. The molecule has 1 saturated heterocycles. The number of halogens is 3. The minimum atomic E-state index is -1.02.